The van der Waals surface area contributed by atoms with E-state index < -0.39 is 0 Å². The number of fused-ring (bicyclic) bond motifs is 3. The summed E-state index contributed by atoms with van der Waals surface area (Å²) in [6.07, 6.45) is 1.69. The first-order valence-corrected chi connectivity index (χ1v) is 7.05. The number of pyridine rings is 1. The number of hydrazine groups is 2. The topological polar surface area (TPSA) is 92.0 Å². The summed E-state index contributed by atoms with van der Waals surface area (Å²) in [6, 6.07) is 11.6. The van der Waals surface area contributed by atoms with Gasteiger partial charge in [0.25, 0.3) is 5.91 Å². The normalized spacial score (nSPS) is 15.8. The highest BCUT2D eigenvalue weighted by molar-refractivity contribution is 6.12. The number of nitrogens with one attached hydrogen (secondary N) is 2. The van der Waals surface area contributed by atoms with Gasteiger partial charge in [-0.25, -0.2) is 10.0 Å². The predicted octanol–water partition coefficient (Wildman–Crippen LogP) is 1.50. The first kappa shape index (κ1) is 15.0. The molecule has 0 aliphatic carbocycles. The minimum atomic E-state index is -0.106. The van der Waals surface area contributed by atoms with Gasteiger partial charge in [-0.15, -0.1) is 5.53 Å². The van der Waals surface area contributed by atoms with E-state index in [9.17, 15) is 4.79 Å². The van der Waals surface area contributed by atoms with Crippen LogP contribution in [0.15, 0.2) is 54.0 Å². The van der Waals surface area contributed by atoms with Gasteiger partial charge in [0.1, 0.15) is 5.70 Å². The zero-order chi connectivity index (χ0) is 15.3. The first-order chi connectivity index (χ1) is 10.6. The Bertz CT molecular complexity index is 800. The van der Waals surface area contributed by atoms with E-state index in [4.69, 9.17) is 0 Å². The number of hydrogen-bond donors (Lipinski definition) is 2. The minimum absolute atomic E-state index is 0. The second-order valence-electron chi connectivity index (χ2n) is 5.35. The van der Waals surface area contributed by atoms with Gasteiger partial charge in [-0.2, -0.15) is 0 Å². The number of para-hydroxylation sites is 2. The van der Waals surface area contributed by atoms with Gasteiger partial charge in [0, 0.05) is 11.4 Å². The van der Waals surface area contributed by atoms with Gasteiger partial charge >= 0.3 is 0 Å². The number of benzene rings is 1. The van der Waals surface area contributed by atoms with Crippen LogP contribution < -0.4 is 20.9 Å². The summed E-state index contributed by atoms with van der Waals surface area (Å²) in [7, 11) is 0. The summed E-state index contributed by atoms with van der Waals surface area (Å²) < 4.78 is 0. The molecule has 2 aromatic rings. The third-order valence-electron chi connectivity index (χ3n) is 3.81. The highest BCUT2D eigenvalue weighted by Gasteiger charge is 2.39. The Balaban J connectivity index is 0.00000156. The van der Waals surface area contributed by atoms with E-state index >= 15 is 0 Å². The molecule has 118 valence electrons. The fourth-order valence-corrected chi connectivity index (χ4v) is 2.70. The van der Waals surface area contributed by atoms with Gasteiger partial charge < -0.3 is 10.8 Å². The smallest absolute Gasteiger partial charge is 0.294 e. The molecule has 0 unspecified atom stereocenters. The molecule has 1 aromatic carbocycles. The van der Waals surface area contributed by atoms with Crippen molar-refractivity contribution in [3.05, 3.63) is 59.7 Å². The third kappa shape index (κ3) is 2.23. The Morgan fingerprint density at radius 2 is 1.83 bits per heavy atom. The largest absolute Gasteiger partial charge is 0.412 e. The Labute approximate surface area is 133 Å². The number of aryl methyl sites for hydroxylation is 1. The van der Waals surface area contributed by atoms with Crippen molar-refractivity contribution in [2.75, 3.05) is 15.3 Å². The molecule has 4 rings (SSSR count). The van der Waals surface area contributed by atoms with Gasteiger partial charge in [0.15, 0.2) is 0 Å². The molecular formula is C16H17N5O2. The molecule has 1 fully saturated rings. The number of amides is 1. The summed E-state index contributed by atoms with van der Waals surface area (Å²) in [5.41, 5.74) is 8.06. The SMILES string of the molecule is CC1=C2C(=O)N(c3ccc(C)nc3)NN2c2ccccc2N1.O. The van der Waals surface area contributed by atoms with E-state index in [0.29, 0.717) is 11.4 Å². The van der Waals surface area contributed by atoms with Crippen molar-refractivity contribution in [1.82, 2.24) is 10.5 Å². The molecule has 0 bridgehead atoms. The van der Waals surface area contributed by atoms with Crippen molar-refractivity contribution in [1.29, 1.82) is 0 Å². The van der Waals surface area contributed by atoms with Crippen LogP contribution >= 0.6 is 0 Å². The molecule has 7 nitrogen and oxygen atoms in total. The Morgan fingerprint density at radius 3 is 2.57 bits per heavy atom. The second-order valence-corrected chi connectivity index (χ2v) is 5.35. The van der Waals surface area contributed by atoms with E-state index in [1.807, 2.05) is 55.3 Å². The molecule has 0 atom stereocenters. The number of nitrogens with zero attached hydrogens (tertiary/aromatic N) is 3. The molecule has 0 spiro atoms. The molecule has 1 amide bonds. The van der Waals surface area contributed by atoms with E-state index in [1.54, 1.807) is 6.20 Å². The highest BCUT2D eigenvalue weighted by atomic mass is 16.2. The Hall–Kier alpha value is -2.90. The number of anilines is 3. The third-order valence-corrected chi connectivity index (χ3v) is 3.81. The maximum Gasteiger partial charge on any atom is 0.294 e. The van der Waals surface area contributed by atoms with Crippen molar-refractivity contribution < 1.29 is 10.3 Å². The molecule has 0 radical (unpaired) electrons. The van der Waals surface area contributed by atoms with Gasteiger partial charge in [-0.3, -0.25) is 9.78 Å². The average Bonchev–Trinajstić information content (AvgIpc) is 2.87. The lowest BCUT2D eigenvalue weighted by Gasteiger charge is -2.28. The van der Waals surface area contributed by atoms with E-state index in [0.717, 1.165) is 22.8 Å². The summed E-state index contributed by atoms with van der Waals surface area (Å²) >= 11 is 0. The summed E-state index contributed by atoms with van der Waals surface area (Å²) in [6.45, 7) is 3.81. The molecule has 2 aliphatic heterocycles. The lowest BCUT2D eigenvalue weighted by Crippen LogP contribution is -2.41. The molecular weight excluding hydrogens is 294 g/mol. The van der Waals surface area contributed by atoms with Crippen LogP contribution in [0.3, 0.4) is 0 Å². The van der Waals surface area contributed by atoms with Crippen LogP contribution in [0.25, 0.3) is 0 Å². The van der Waals surface area contributed by atoms with E-state index in [2.05, 4.69) is 15.8 Å². The van der Waals surface area contributed by atoms with Gasteiger partial charge in [0.2, 0.25) is 0 Å². The summed E-state index contributed by atoms with van der Waals surface area (Å²) in [5.74, 6) is -0.106. The van der Waals surface area contributed by atoms with Crippen molar-refractivity contribution in [2.24, 2.45) is 0 Å². The number of allylic oxidation sites excluding steroid dienone is 1. The van der Waals surface area contributed by atoms with E-state index in [1.165, 1.54) is 5.01 Å². The molecule has 23 heavy (non-hydrogen) atoms. The predicted molar refractivity (Wildman–Crippen MR) is 88.5 cm³/mol. The minimum Gasteiger partial charge on any atom is -0.412 e. The molecule has 0 saturated carbocycles. The quantitative estimate of drug-likeness (QED) is 0.832. The molecule has 7 heteroatoms. The number of hydrogen-bond acceptors (Lipinski definition) is 5. The van der Waals surface area contributed by atoms with Gasteiger partial charge in [-0.1, -0.05) is 12.1 Å². The average molecular weight is 311 g/mol. The van der Waals surface area contributed by atoms with Crippen LogP contribution in [-0.2, 0) is 4.79 Å². The maximum atomic E-state index is 12.7. The van der Waals surface area contributed by atoms with Crippen LogP contribution in [-0.4, -0.2) is 16.4 Å². The van der Waals surface area contributed by atoms with E-state index in [-0.39, 0.29) is 11.4 Å². The summed E-state index contributed by atoms with van der Waals surface area (Å²) in [4.78, 5) is 17.0. The van der Waals surface area contributed by atoms with Gasteiger partial charge in [0.05, 0.1) is 23.3 Å². The molecule has 2 aliphatic rings. The van der Waals surface area contributed by atoms with Crippen molar-refractivity contribution in [3.63, 3.8) is 0 Å². The standard InChI is InChI=1S/C16H15N5O.H2O/c1-10-7-8-12(9-17-10)20-16(22)15-11(2)18-13-5-3-4-6-14(13)21(15)19-20;/h3-9,18-19H,1-2H3;1H2. The second kappa shape index (κ2) is 5.38. The molecule has 1 saturated heterocycles. The number of carbonyl (C=O) groups excluding carboxylic acids is 1. The van der Waals surface area contributed by atoms with Crippen LogP contribution in [0.5, 0.6) is 0 Å². The fourth-order valence-electron chi connectivity index (χ4n) is 2.70. The summed E-state index contributed by atoms with van der Waals surface area (Å²) in [5, 5.41) is 6.60. The van der Waals surface area contributed by atoms with Crippen LogP contribution in [0.1, 0.15) is 12.6 Å². The van der Waals surface area contributed by atoms with Crippen LogP contribution in [0, 0.1) is 6.92 Å². The number of aromatic nitrogens is 1. The first-order valence-electron chi connectivity index (χ1n) is 7.05. The molecule has 3 heterocycles. The van der Waals surface area contributed by atoms with Crippen LogP contribution in [0.4, 0.5) is 17.1 Å². The monoisotopic (exact) mass is 311 g/mol. The Morgan fingerprint density at radius 1 is 1.04 bits per heavy atom. The van der Waals surface area contributed by atoms with Crippen molar-refractivity contribution in [2.45, 2.75) is 13.8 Å². The maximum absolute atomic E-state index is 12.7. The highest BCUT2D eigenvalue weighted by Crippen LogP contribution is 2.37. The lowest BCUT2D eigenvalue weighted by molar-refractivity contribution is -0.114. The number of carbonyl (C=O) groups is 1. The van der Waals surface area contributed by atoms with Crippen molar-refractivity contribution >= 4 is 23.0 Å². The number of rotatable bonds is 1. The molecule has 1 aromatic heterocycles. The van der Waals surface area contributed by atoms with Crippen LogP contribution in [0.2, 0.25) is 0 Å². The zero-order valence-electron chi connectivity index (χ0n) is 12.8. The van der Waals surface area contributed by atoms with Crippen molar-refractivity contribution in [3.8, 4) is 0 Å². The Kier molecular flexibility index (Phi) is 3.51. The lowest BCUT2D eigenvalue weighted by atomic mass is 10.1. The van der Waals surface area contributed by atoms with Gasteiger partial charge in [-0.05, 0) is 38.1 Å². The molecule has 4 N–H and O–H groups in total. The fraction of sp³-hybridized carbons (Fsp3) is 0.125. The zero-order valence-corrected chi connectivity index (χ0v) is 12.8.